The first-order valence-electron chi connectivity index (χ1n) is 9.94. The van der Waals surface area contributed by atoms with Gasteiger partial charge in [0, 0.05) is 30.7 Å². The molecule has 29 heavy (non-hydrogen) atoms. The van der Waals surface area contributed by atoms with E-state index in [2.05, 4.69) is 27.1 Å². The second-order valence-electron chi connectivity index (χ2n) is 7.62. The lowest BCUT2D eigenvalue weighted by molar-refractivity contribution is 0.0880. The molecule has 2 unspecified atom stereocenters. The van der Waals surface area contributed by atoms with Crippen LogP contribution in [0.5, 0.6) is 0 Å². The maximum Gasteiger partial charge on any atom is 0.251 e. The smallest absolute Gasteiger partial charge is 0.251 e. The van der Waals surface area contributed by atoms with E-state index in [9.17, 15) is 9.18 Å². The molecule has 2 heterocycles. The van der Waals surface area contributed by atoms with Crippen LogP contribution >= 0.6 is 0 Å². The summed E-state index contributed by atoms with van der Waals surface area (Å²) >= 11 is 0. The Bertz CT molecular complexity index is 902. The summed E-state index contributed by atoms with van der Waals surface area (Å²) in [6, 6.07) is 15.7. The lowest BCUT2D eigenvalue weighted by Crippen LogP contribution is -2.51. The SMILES string of the molecule is N#Cc1cccc(C(=O)NC2CCN(C3CC(c4ccc(F)cc4)NN3)CC2)c1. The number of amides is 1. The van der Waals surface area contributed by atoms with Crippen LogP contribution in [0.25, 0.3) is 0 Å². The molecule has 7 heteroatoms. The van der Waals surface area contributed by atoms with Crippen LogP contribution in [0, 0.1) is 17.1 Å². The number of nitrogens with one attached hydrogen (secondary N) is 3. The monoisotopic (exact) mass is 393 g/mol. The number of hydrogen-bond acceptors (Lipinski definition) is 5. The Morgan fingerprint density at radius 1 is 1.14 bits per heavy atom. The average Bonchev–Trinajstić information content (AvgIpc) is 3.25. The fourth-order valence-corrected chi connectivity index (χ4v) is 4.05. The van der Waals surface area contributed by atoms with Crippen LogP contribution in [-0.2, 0) is 0 Å². The van der Waals surface area contributed by atoms with Crippen LogP contribution in [0.15, 0.2) is 48.5 Å². The number of carbonyl (C=O) groups excluding carboxylic acids is 1. The molecular weight excluding hydrogens is 369 g/mol. The van der Waals surface area contributed by atoms with Crippen molar-refractivity contribution < 1.29 is 9.18 Å². The molecule has 2 atom stereocenters. The summed E-state index contributed by atoms with van der Waals surface area (Å²) < 4.78 is 13.1. The van der Waals surface area contributed by atoms with E-state index in [0.717, 1.165) is 37.9 Å². The molecule has 2 saturated heterocycles. The Balaban J connectivity index is 1.27. The van der Waals surface area contributed by atoms with Crippen LogP contribution in [0.3, 0.4) is 0 Å². The predicted molar refractivity (Wildman–Crippen MR) is 107 cm³/mol. The quantitative estimate of drug-likeness (QED) is 0.744. The minimum atomic E-state index is -0.222. The van der Waals surface area contributed by atoms with Gasteiger partial charge in [-0.25, -0.2) is 15.2 Å². The Labute approximate surface area is 169 Å². The molecule has 0 spiro atoms. The van der Waals surface area contributed by atoms with Crippen molar-refractivity contribution in [1.29, 1.82) is 5.26 Å². The van der Waals surface area contributed by atoms with Crippen molar-refractivity contribution >= 4 is 5.91 Å². The molecule has 2 aromatic carbocycles. The van der Waals surface area contributed by atoms with Crippen molar-refractivity contribution in [1.82, 2.24) is 21.1 Å². The first kappa shape index (κ1) is 19.5. The van der Waals surface area contributed by atoms with Gasteiger partial charge >= 0.3 is 0 Å². The van der Waals surface area contributed by atoms with E-state index in [1.807, 2.05) is 12.1 Å². The van der Waals surface area contributed by atoms with E-state index < -0.39 is 0 Å². The first-order valence-corrected chi connectivity index (χ1v) is 9.94. The number of nitriles is 1. The molecule has 2 aliphatic rings. The summed E-state index contributed by atoms with van der Waals surface area (Å²) in [6.07, 6.45) is 2.88. The fraction of sp³-hybridized carbons (Fsp3) is 0.364. The predicted octanol–water partition coefficient (Wildman–Crippen LogP) is 2.46. The Morgan fingerprint density at radius 2 is 1.90 bits per heavy atom. The topological polar surface area (TPSA) is 80.2 Å². The molecule has 3 N–H and O–H groups in total. The van der Waals surface area contributed by atoms with Gasteiger partial charge in [0.15, 0.2) is 0 Å². The molecular formula is C22H24FN5O. The van der Waals surface area contributed by atoms with Gasteiger partial charge in [0.05, 0.1) is 17.8 Å². The van der Waals surface area contributed by atoms with Crippen molar-refractivity contribution in [3.63, 3.8) is 0 Å². The first-order chi connectivity index (χ1) is 14.1. The molecule has 4 rings (SSSR count). The normalized spacial score (nSPS) is 22.9. The second-order valence-corrected chi connectivity index (χ2v) is 7.62. The van der Waals surface area contributed by atoms with E-state index in [1.165, 1.54) is 12.1 Å². The summed E-state index contributed by atoms with van der Waals surface area (Å²) in [5, 5.41) is 12.1. The highest BCUT2D eigenvalue weighted by Crippen LogP contribution is 2.26. The summed E-state index contributed by atoms with van der Waals surface area (Å²) in [5.41, 5.74) is 8.74. The van der Waals surface area contributed by atoms with E-state index in [1.54, 1.807) is 24.3 Å². The molecule has 0 saturated carbocycles. The number of hydrogen-bond donors (Lipinski definition) is 3. The summed E-state index contributed by atoms with van der Waals surface area (Å²) in [5.74, 6) is -0.350. The third-order valence-corrected chi connectivity index (χ3v) is 5.71. The zero-order valence-corrected chi connectivity index (χ0v) is 16.1. The van der Waals surface area contributed by atoms with Crippen molar-refractivity contribution in [3.8, 4) is 6.07 Å². The zero-order valence-electron chi connectivity index (χ0n) is 16.1. The number of halogens is 1. The van der Waals surface area contributed by atoms with Crippen molar-refractivity contribution in [2.75, 3.05) is 13.1 Å². The maximum atomic E-state index is 13.1. The number of rotatable bonds is 4. The minimum Gasteiger partial charge on any atom is -0.349 e. The van der Waals surface area contributed by atoms with Crippen LogP contribution in [-0.4, -0.2) is 36.1 Å². The van der Waals surface area contributed by atoms with E-state index in [-0.39, 0.29) is 30.0 Å². The van der Waals surface area contributed by atoms with E-state index in [0.29, 0.717) is 11.1 Å². The van der Waals surface area contributed by atoms with E-state index >= 15 is 0 Å². The molecule has 2 fully saturated rings. The molecule has 0 aliphatic carbocycles. The number of likely N-dealkylation sites (tertiary alicyclic amines) is 1. The highest BCUT2D eigenvalue weighted by atomic mass is 19.1. The van der Waals surface area contributed by atoms with Gasteiger partial charge in [-0.2, -0.15) is 5.26 Å². The third kappa shape index (κ3) is 4.62. The standard InChI is InChI=1S/C22H24FN5O/c23-18-6-4-16(5-7-18)20-13-21(27-26-20)28-10-8-19(9-11-28)25-22(29)17-3-1-2-15(12-17)14-24/h1-7,12,19-21,26-27H,8-11,13H2,(H,25,29). The van der Waals surface area contributed by atoms with Gasteiger partial charge in [0.2, 0.25) is 0 Å². The largest absolute Gasteiger partial charge is 0.349 e. The molecule has 2 aromatic rings. The van der Waals surface area contributed by atoms with Gasteiger partial charge in [-0.3, -0.25) is 9.69 Å². The number of hydrazine groups is 1. The number of piperidine rings is 1. The van der Waals surface area contributed by atoms with Crippen LogP contribution < -0.4 is 16.2 Å². The van der Waals surface area contributed by atoms with Gasteiger partial charge < -0.3 is 5.32 Å². The summed E-state index contributed by atoms with van der Waals surface area (Å²) in [4.78, 5) is 14.8. The molecule has 2 aliphatic heterocycles. The van der Waals surface area contributed by atoms with Crippen molar-refractivity contribution in [3.05, 3.63) is 71.0 Å². The van der Waals surface area contributed by atoms with Crippen molar-refractivity contribution in [2.45, 2.75) is 37.5 Å². The van der Waals surface area contributed by atoms with Gasteiger partial charge in [-0.1, -0.05) is 18.2 Å². The van der Waals surface area contributed by atoms with Crippen LogP contribution in [0.1, 0.15) is 46.8 Å². The molecule has 6 nitrogen and oxygen atoms in total. The Kier molecular flexibility index (Phi) is 5.86. The Hall–Kier alpha value is -2.79. The number of carbonyl (C=O) groups is 1. The molecule has 0 aromatic heterocycles. The van der Waals surface area contributed by atoms with Gasteiger partial charge in [0.1, 0.15) is 5.82 Å². The van der Waals surface area contributed by atoms with Gasteiger partial charge in [-0.15, -0.1) is 0 Å². The Morgan fingerprint density at radius 3 is 2.62 bits per heavy atom. The number of benzene rings is 2. The van der Waals surface area contributed by atoms with Crippen LogP contribution in [0.2, 0.25) is 0 Å². The van der Waals surface area contributed by atoms with E-state index in [4.69, 9.17) is 5.26 Å². The average molecular weight is 393 g/mol. The lowest BCUT2D eigenvalue weighted by Gasteiger charge is -2.35. The highest BCUT2D eigenvalue weighted by Gasteiger charge is 2.32. The minimum absolute atomic E-state index is 0.127. The van der Waals surface area contributed by atoms with Crippen LogP contribution in [0.4, 0.5) is 4.39 Å². The highest BCUT2D eigenvalue weighted by molar-refractivity contribution is 5.94. The fourth-order valence-electron chi connectivity index (χ4n) is 4.05. The number of nitrogens with zero attached hydrogens (tertiary/aromatic N) is 2. The van der Waals surface area contributed by atoms with Crippen molar-refractivity contribution in [2.24, 2.45) is 0 Å². The molecule has 1 amide bonds. The van der Waals surface area contributed by atoms with Gasteiger partial charge in [0.25, 0.3) is 5.91 Å². The second kappa shape index (κ2) is 8.70. The molecule has 150 valence electrons. The zero-order chi connectivity index (χ0) is 20.2. The summed E-state index contributed by atoms with van der Waals surface area (Å²) in [7, 11) is 0. The third-order valence-electron chi connectivity index (χ3n) is 5.71. The molecule has 0 bridgehead atoms. The van der Waals surface area contributed by atoms with Gasteiger partial charge in [-0.05, 0) is 55.2 Å². The maximum absolute atomic E-state index is 13.1. The molecule has 0 radical (unpaired) electrons. The summed E-state index contributed by atoms with van der Waals surface area (Å²) in [6.45, 7) is 1.78. The lowest BCUT2D eigenvalue weighted by atomic mass is 10.0.